The van der Waals surface area contributed by atoms with E-state index in [0.29, 0.717) is 11.3 Å². The lowest BCUT2D eigenvalue weighted by Crippen LogP contribution is -2.01. The summed E-state index contributed by atoms with van der Waals surface area (Å²) in [4.78, 5) is 3.11. The van der Waals surface area contributed by atoms with Crippen molar-refractivity contribution in [2.75, 3.05) is 0 Å². The quantitative estimate of drug-likeness (QED) is 0.756. The molecule has 3 rings (SSSR count). The average molecular weight is 297 g/mol. The van der Waals surface area contributed by atoms with Crippen molar-refractivity contribution in [3.05, 3.63) is 54.6 Å². The third-order valence-corrected chi connectivity index (χ3v) is 4.80. The number of para-hydroxylation sites is 1. The molecule has 0 bridgehead atoms. The number of aromatic nitrogens is 1. The van der Waals surface area contributed by atoms with Crippen molar-refractivity contribution < 1.29 is 13.2 Å². The van der Waals surface area contributed by atoms with Gasteiger partial charge in [-0.25, -0.2) is 8.42 Å². The molecule has 0 amide bonds. The molecular formula is C16H11NO3S. The van der Waals surface area contributed by atoms with Gasteiger partial charge in [0.05, 0.1) is 10.4 Å². The molecule has 1 heterocycles. The molecule has 21 heavy (non-hydrogen) atoms. The number of aromatic amines is 1. The first-order valence-corrected chi connectivity index (χ1v) is 7.65. The molecule has 0 saturated heterocycles. The maximum Gasteiger partial charge on any atom is 0.221 e. The van der Waals surface area contributed by atoms with Gasteiger partial charge in [0, 0.05) is 5.39 Å². The number of sulfone groups is 1. The lowest BCUT2D eigenvalue weighted by molar-refractivity contribution is 0.525. The Morgan fingerprint density at radius 2 is 1.81 bits per heavy atom. The van der Waals surface area contributed by atoms with Crippen molar-refractivity contribution in [2.45, 2.75) is 9.92 Å². The van der Waals surface area contributed by atoms with Crippen molar-refractivity contribution in [3.63, 3.8) is 0 Å². The fourth-order valence-electron chi connectivity index (χ4n) is 2.12. The fourth-order valence-corrected chi connectivity index (χ4v) is 3.41. The Bertz CT molecular complexity index is 935. The number of H-pyrrole nitrogens is 1. The van der Waals surface area contributed by atoms with Crippen LogP contribution in [0.2, 0.25) is 0 Å². The standard InChI is InChI=1S/C16H11NO3S/c1-2-20-14-10-6-7-12-11-15(17-16(12)14)21(18,19)13-8-4-3-5-9-13/h1,3-11,17H. The van der Waals surface area contributed by atoms with Gasteiger partial charge in [0.2, 0.25) is 9.84 Å². The zero-order valence-corrected chi connectivity index (χ0v) is 11.7. The zero-order chi connectivity index (χ0) is 14.9. The van der Waals surface area contributed by atoms with E-state index in [1.54, 1.807) is 54.6 Å². The molecule has 0 fully saturated rings. The molecular weight excluding hydrogens is 286 g/mol. The van der Waals surface area contributed by atoms with Crippen LogP contribution in [0.4, 0.5) is 0 Å². The number of hydrogen-bond acceptors (Lipinski definition) is 3. The molecule has 2 aromatic carbocycles. The van der Waals surface area contributed by atoms with Crippen LogP contribution in [0.15, 0.2) is 64.5 Å². The topological polar surface area (TPSA) is 59.2 Å². The third kappa shape index (κ3) is 2.26. The highest BCUT2D eigenvalue weighted by atomic mass is 32.2. The van der Waals surface area contributed by atoms with Gasteiger partial charge in [-0.05, 0) is 24.3 Å². The van der Waals surface area contributed by atoms with Crippen LogP contribution in [0.3, 0.4) is 0 Å². The zero-order valence-electron chi connectivity index (χ0n) is 10.9. The van der Waals surface area contributed by atoms with Crippen LogP contribution in [0.1, 0.15) is 0 Å². The lowest BCUT2D eigenvalue weighted by atomic mass is 10.2. The van der Waals surface area contributed by atoms with Crippen LogP contribution in [0.5, 0.6) is 5.75 Å². The van der Waals surface area contributed by atoms with E-state index in [4.69, 9.17) is 11.2 Å². The molecule has 0 aliphatic rings. The summed E-state index contributed by atoms with van der Waals surface area (Å²) in [7, 11) is -3.60. The van der Waals surface area contributed by atoms with Gasteiger partial charge in [-0.15, -0.1) is 0 Å². The Kier molecular flexibility index (Phi) is 3.16. The monoisotopic (exact) mass is 297 g/mol. The molecule has 1 N–H and O–H groups in total. The van der Waals surface area contributed by atoms with E-state index >= 15 is 0 Å². The fraction of sp³-hybridized carbons (Fsp3) is 0. The van der Waals surface area contributed by atoms with Crippen LogP contribution in [0.25, 0.3) is 10.9 Å². The van der Waals surface area contributed by atoms with Crippen molar-refractivity contribution >= 4 is 20.7 Å². The number of terminal acetylenes is 1. The average Bonchev–Trinajstić information content (AvgIpc) is 2.94. The number of ether oxygens (including phenoxy) is 1. The van der Waals surface area contributed by atoms with Crippen LogP contribution in [-0.2, 0) is 9.84 Å². The molecule has 0 radical (unpaired) electrons. The molecule has 104 valence electrons. The molecule has 4 nitrogen and oxygen atoms in total. The van der Waals surface area contributed by atoms with Crippen LogP contribution in [-0.4, -0.2) is 13.4 Å². The minimum Gasteiger partial charge on any atom is -0.406 e. The summed E-state index contributed by atoms with van der Waals surface area (Å²) in [6.45, 7) is 0. The number of rotatable bonds is 3. The minimum atomic E-state index is -3.60. The van der Waals surface area contributed by atoms with Gasteiger partial charge in [0.15, 0.2) is 5.75 Å². The highest BCUT2D eigenvalue weighted by Gasteiger charge is 2.20. The first-order valence-electron chi connectivity index (χ1n) is 6.17. The van der Waals surface area contributed by atoms with E-state index in [9.17, 15) is 8.42 Å². The smallest absolute Gasteiger partial charge is 0.221 e. The van der Waals surface area contributed by atoms with Gasteiger partial charge in [-0.3, -0.25) is 0 Å². The molecule has 0 spiro atoms. The summed E-state index contributed by atoms with van der Waals surface area (Å²) in [6.07, 6.45) is 7.22. The summed E-state index contributed by atoms with van der Waals surface area (Å²) < 4.78 is 30.2. The van der Waals surface area contributed by atoms with Gasteiger partial charge >= 0.3 is 0 Å². The van der Waals surface area contributed by atoms with Crippen LogP contribution < -0.4 is 4.74 Å². The predicted molar refractivity (Wildman–Crippen MR) is 79.7 cm³/mol. The largest absolute Gasteiger partial charge is 0.406 e. The van der Waals surface area contributed by atoms with E-state index in [2.05, 4.69) is 11.1 Å². The molecule has 0 unspecified atom stereocenters. The second kappa shape index (κ2) is 5.00. The van der Waals surface area contributed by atoms with Gasteiger partial charge in [-0.2, -0.15) is 0 Å². The first kappa shape index (κ1) is 13.3. The van der Waals surface area contributed by atoms with Gasteiger partial charge in [-0.1, -0.05) is 36.8 Å². The highest BCUT2D eigenvalue weighted by Crippen LogP contribution is 2.29. The predicted octanol–water partition coefficient (Wildman–Crippen LogP) is 2.97. The second-order valence-electron chi connectivity index (χ2n) is 4.39. The Hall–Kier alpha value is -2.71. The van der Waals surface area contributed by atoms with Crippen molar-refractivity contribution in [1.29, 1.82) is 0 Å². The van der Waals surface area contributed by atoms with Gasteiger partial charge in [0.1, 0.15) is 11.1 Å². The van der Waals surface area contributed by atoms with Gasteiger partial charge in [0.25, 0.3) is 0 Å². The van der Waals surface area contributed by atoms with Crippen LogP contribution >= 0.6 is 0 Å². The van der Waals surface area contributed by atoms with E-state index < -0.39 is 9.84 Å². The van der Waals surface area contributed by atoms with Crippen molar-refractivity contribution in [1.82, 2.24) is 4.98 Å². The Morgan fingerprint density at radius 1 is 1.05 bits per heavy atom. The molecule has 5 heteroatoms. The number of hydrogen-bond donors (Lipinski definition) is 1. The normalized spacial score (nSPS) is 11.2. The summed E-state index contributed by atoms with van der Waals surface area (Å²) in [5, 5.41) is 0.828. The molecule has 0 saturated carbocycles. The summed E-state index contributed by atoms with van der Waals surface area (Å²) in [5.41, 5.74) is 0.560. The van der Waals surface area contributed by atoms with E-state index in [1.165, 1.54) is 0 Å². The third-order valence-electron chi connectivity index (χ3n) is 3.11. The van der Waals surface area contributed by atoms with E-state index in [1.807, 2.05) is 0 Å². The number of fused-ring (bicyclic) bond motifs is 1. The van der Waals surface area contributed by atoms with E-state index in [0.717, 1.165) is 5.39 Å². The SMILES string of the molecule is C#COc1cccc2cc(S(=O)(=O)c3ccccc3)[nH]c12. The second-order valence-corrected chi connectivity index (χ2v) is 6.31. The minimum absolute atomic E-state index is 0.108. The maximum absolute atomic E-state index is 12.6. The molecule has 3 aromatic rings. The van der Waals surface area contributed by atoms with Crippen molar-refractivity contribution in [3.8, 4) is 18.3 Å². The molecule has 1 aromatic heterocycles. The highest BCUT2D eigenvalue weighted by molar-refractivity contribution is 7.91. The maximum atomic E-state index is 12.6. The Balaban J connectivity index is 2.19. The number of nitrogens with one attached hydrogen (secondary N) is 1. The molecule has 0 aliphatic heterocycles. The van der Waals surface area contributed by atoms with Crippen LogP contribution in [0, 0.1) is 12.5 Å². The lowest BCUT2D eigenvalue weighted by Gasteiger charge is -2.01. The molecule has 0 atom stereocenters. The van der Waals surface area contributed by atoms with Crippen molar-refractivity contribution in [2.24, 2.45) is 0 Å². The summed E-state index contributed by atoms with van der Waals surface area (Å²) in [6, 6.07) is 15.0. The Morgan fingerprint density at radius 3 is 2.52 bits per heavy atom. The van der Waals surface area contributed by atoms with E-state index in [-0.39, 0.29) is 9.92 Å². The number of benzene rings is 2. The Labute approximate surface area is 122 Å². The summed E-state index contributed by atoms with van der Waals surface area (Å²) in [5.74, 6) is 0.421. The molecule has 0 aliphatic carbocycles. The van der Waals surface area contributed by atoms with Gasteiger partial charge < -0.3 is 9.72 Å². The summed E-state index contributed by atoms with van der Waals surface area (Å²) >= 11 is 0. The first-order chi connectivity index (χ1) is 10.1.